The lowest BCUT2D eigenvalue weighted by Gasteiger charge is -2.37. The molecule has 0 saturated carbocycles. The van der Waals surface area contributed by atoms with Gasteiger partial charge in [0, 0.05) is 33.1 Å². The summed E-state index contributed by atoms with van der Waals surface area (Å²) in [6.45, 7) is 17.0. The third kappa shape index (κ3) is 13.4. The molecule has 0 heterocycles. The third-order valence-electron chi connectivity index (χ3n) is 7.42. The first kappa shape index (κ1) is 34.6. The summed E-state index contributed by atoms with van der Waals surface area (Å²) in [4.78, 5) is 0. The van der Waals surface area contributed by atoms with Crippen molar-refractivity contribution in [1.29, 1.82) is 0 Å². The Hall–Kier alpha value is -1.63. The Kier molecular flexibility index (Phi) is 14.4. The molecule has 0 aromatic heterocycles. The molecule has 0 aliphatic rings. The molecule has 0 aliphatic heterocycles. The number of hydrogen-bond donors (Lipinski definition) is 2. The van der Waals surface area contributed by atoms with Crippen molar-refractivity contribution in [2.75, 3.05) is 39.6 Å². The topological polar surface area (TPSA) is 77.0 Å². The predicted molar refractivity (Wildman–Crippen MR) is 171 cm³/mol. The van der Waals surface area contributed by atoms with Gasteiger partial charge in [0.25, 0.3) is 8.32 Å². The van der Waals surface area contributed by atoms with Crippen LogP contribution in [0.1, 0.15) is 76.5 Å². The summed E-state index contributed by atoms with van der Waals surface area (Å²) in [7, 11) is -4.92. The molecule has 0 amide bonds. The van der Waals surface area contributed by atoms with Crippen LogP contribution in [0.25, 0.3) is 0 Å². The molecule has 40 heavy (non-hydrogen) atoms. The molecule has 0 aliphatic carbocycles. The summed E-state index contributed by atoms with van der Waals surface area (Å²) in [5.41, 5.74) is 2.16. The SMILES string of the molecule is CC(C)(C)[Si](C)(C)Oc1cc([C@@H](O)CNCCCCCCOCCCCc2ccccc2)ccc1OP(C)(C)=O. The van der Waals surface area contributed by atoms with Crippen molar-refractivity contribution >= 4 is 15.7 Å². The van der Waals surface area contributed by atoms with Gasteiger partial charge in [-0.2, -0.15) is 0 Å². The zero-order valence-corrected chi connectivity index (χ0v) is 27.9. The number of hydrogen-bond acceptors (Lipinski definition) is 6. The molecule has 2 rings (SSSR count). The van der Waals surface area contributed by atoms with Crippen LogP contribution in [-0.4, -0.2) is 53.1 Å². The first-order chi connectivity index (χ1) is 18.8. The highest BCUT2D eigenvalue weighted by Crippen LogP contribution is 2.46. The van der Waals surface area contributed by atoms with E-state index in [9.17, 15) is 9.67 Å². The van der Waals surface area contributed by atoms with Gasteiger partial charge in [0.05, 0.1) is 6.10 Å². The highest BCUT2D eigenvalue weighted by atomic mass is 31.2. The average molecular weight is 592 g/mol. The van der Waals surface area contributed by atoms with Gasteiger partial charge < -0.3 is 24.1 Å². The molecule has 0 spiro atoms. The van der Waals surface area contributed by atoms with E-state index in [4.69, 9.17) is 13.7 Å². The Labute approximate surface area is 244 Å². The monoisotopic (exact) mass is 591 g/mol. The summed E-state index contributed by atoms with van der Waals surface area (Å²) >= 11 is 0. The van der Waals surface area contributed by atoms with Gasteiger partial charge in [0.15, 0.2) is 5.75 Å². The van der Waals surface area contributed by atoms with Crippen molar-refractivity contribution in [2.24, 2.45) is 0 Å². The molecule has 2 aromatic carbocycles. The predicted octanol–water partition coefficient (Wildman–Crippen LogP) is 8.21. The van der Waals surface area contributed by atoms with E-state index in [1.807, 2.05) is 12.1 Å². The third-order valence-corrected chi connectivity index (χ3v) is 12.4. The molecule has 0 fully saturated rings. The van der Waals surface area contributed by atoms with E-state index in [1.165, 1.54) is 12.0 Å². The second kappa shape index (κ2) is 16.7. The van der Waals surface area contributed by atoms with E-state index in [0.717, 1.165) is 63.8 Å². The molecule has 2 aromatic rings. The number of benzene rings is 2. The van der Waals surface area contributed by atoms with Gasteiger partial charge in [0.1, 0.15) is 5.75 Å². The van der Waals surface area contributed by atoms with Gasteiger partial charge in [-0.05, 0) is 80.0 Å². The minimum atomic E-state index is -2.76. The maximum absolute atomic E-state index is 12.4. The Morgan fingerprint density at radius 2 is 1.55 bits per heavy atom. The molecular formula is C32H54NO5PSi. The van der Waals surface area contributed by atoms with Crippen LogP contribution in [0.4, 0.5) is 0 Å². The fourth-order valence-electron chi connectivity index (χ4n) is 4.00. The molecule has 6 nitrogen and oxygen atoms in total. The van der Waals surface area contributed by atoms with E-state index < -0.39 is 21.8 Å². The molecule has 1 atom stereocenters. The lowest BCUT2D eigenvalue weighted by molar-refractivity contribution is 0.126. The van der Waals surface area contributed by atoms with Crippen LogP contribution in [0.3, 0.4) is 0 Å². The van der Waals surface area contributed by atoms with Gasteiger partial charge in [0.2, 0.25) is 7.37 Å². The van der Waals surface area contributed by atoms with Gasteiger partial charge in [-0.3, -0.25) is 4.57 Å². The molecule has 2 N–H and O–H groups in total. The molecule has 0 unspecified atom stereocenters. The maximum Gasteiger partial charge on any atom is 0.250 e. The van der Waals surface area contributed by atoms with Gasteiger partial charge in [-0.1, -0.05) is 70.0 Å². The largest absolute Gasteiger partial charge is 0.541 e. The highest BCUT2D eigenvalue weighted by Gasteiger charge is 2.39. The van der Waals surface area contributed by atoms with E-state index in [1.54, 1.807) is 19.4 Å². The van der Waals surface area contributed by atoms with E-state index in [-0.39, 0.29) is 5.04 Å². The molecule has 226 valence electrons. The van der Waals surface area contributed by atoms with Crippen LogP contribution in [0.15, 0.2) is 48.5 Å². The number of nitrogens with one attached hydrogen (secondary N) is 1. The molecule has 0 saturated heterocycles. The van der Waals surface area contributed by atoms with Crippen LogP contribution in [0, 0.1) is 0 Å². The minimum Gasteiger partial charge on any atom is -0.541 e. The number of ether oxygens (including phenoxy) is 1. The van der Waals surface area contributed by atoms with Crippen LogP contribution in [0.2, 0.25) is 18.1 Å². The Morgan fingerprint density at radius 1 is 0.900 bits per heavy atom. The molecule has 0 bridgehead atoms. The van der Waals surface area contributed by atoms with E-state index in [0.29, 0.717) is 18.0 Å². The summed E-state index contributed by atoms with van der Waals surface area (Å²) in [6.07, 6.45) is 7.20. The Morgan fingerprint density at radius 3 is 2.20 bits per heavy atom. The molecule has 0 radical (unpaired) electrons. The fraction of sp³-hybridized carbons (Fsp3) is 0.625. The van der Waals surface area contributed by atoms with Crippen molar-refractivity contribution in [2.45, 2.75) is 90.0 Å². The van der Waals surface area contributed by atoms with Crippen LogP contribution in [-0.2, 0) is 15.7 Å². The van der Waals surface area contributed by atoms with Crippen LogP contribution < -0.4 is 14.3 Å². The smallest absolute Gasteiger partial charge is 0.250 e. The van der Waals surface area contributed by atoms with Gasteiger partial charge >= 0.3 is 0 Å². The first-order valence-corrected chi connectivity index (χ1v) is 20.3. The second-order valence-electron chi connectivity index (χ2n) is 12.6. The molecule has 8 heteroatoms. The normalized spacial score (nSPS) is 13.3. The Balaban J connectivity index is 1.66. The number of rotatable bonds is 19. The maximum atomic E-state index is 12.4. The van der Waals surface area contributed by atoms with Crippen molar-refractivity contribution in [3.8, 4) is 11.5 Å². The summed E-state index contributed by atoms with van der Waals surface area (Å²) in [5, 5.41) is 14.2. The Bertz CT molecular complexity index is 1040. The first-order valence-electron chi connectivity index (χ1n) is 14.9. The number of aliphatic hydroxyl groups excluding tert-OH is 1. The summed E-state index contributed by atoms with van der Waals surface area (Å²) in [5.74, 6) is 1.03. The van der Waals surface area contributed by atoms with Crippen LogP contribution >= 0.6 is 7.37 Å². The van der Waals surface area contributed by atoms with E-state index in [2.05, 4.69) is 69.5 Å². The average Bonchev–Trinajstić information content (AvgIpc) is 2.86. The van der Waals surface area contributed by atoms with Crippen LogP contribution in [0.5, 0.6) is 11.5 Å². The summed E-state index contributed by atoms with van der Waals surface area (Å²) in [6, 6.07) is 16.1. The lowest BCUT2D eigenvalue weighted by Crippen LogP contribution is -2.44. The number of aryl methyl sites for hydroxylation is 1. The highest BCUT2D eigenvalue weighted by molar-refractivity contribution is 7.57. The lowest BCUT2D eigenvalue weighted by atomic mass is 10.1. The zero-order chi connectivity index (χ0) is 29.7. The number of aliphatic hydroxyl groups is 1. The van der Waals surface area contributed by atoms with Gasteiger partial charge in [-0.15, -0.1) is 0 Å². The number of unbranched alkanes of at least 4 members (excludes halogenated alkanes) is 4. The second-order valence-corrected chi connectivity index (χ2v) is 20.0. The standard InChI is InChI=1S/C32H54NO5PSi/c1-32(2,3)40(6,7)38-31-25-28(20-21-30(31)37-39(4,5)35)29(34)26-33-22-14-8-9-15-23-36-24-16-13-19-27-17-11-10-12-18-27/h10-12,17-18,20-21,25,29,33-34H,8-9,13-16,19,22-24,26H2,1-7H3/t29-/m0/s1. The minimum absolute atomic E-state index is 0.00276. The van der Waals surface area contributed by atoms with Crippen molar-refractivity contribution in [3.05, 3.63) is 59.7 Å². The van der Waals surface area contributed by atoms with Crippen molar-refractivity contribution < 1.29 is 23.4 Å². The quantitative estimate of drug-likeness (QED) is 0.0974. The zero-order valence-electron chi connectivity index (χ0n) is 26.0. The van der Waals surface area contributed by atoms with E-state index >= 15 is 0 Å². The summed E-state index contributed by atoms with van der Waals surface area (Å²) < 4.78 is 30.4. The fourth-order valence-corrected chi connectivity index (χ4v) is 5.64. The molecular weight excluding hydrogens is 537 g/mol. The van der Waals surface area contributed by atoms with Gasteiger partial charge in [-0.25, -0.2) is 0 Å². The van der Waals surface area contributed by atoms with Crippen molar-refractivity contribution in [1.82, 2.24) is 5.32 Å². The van der Waals surface area contributed by atoms with Crippen molar-refractivity contribution in [3.63, 3.8) is 0 Å².